The van der Waals surface area contributed by atoms with Crippen LogP contribution < -0.4 is 5.73 Å². The smallest absolute Gasteiger partial charge is 0.239 e. The average Bonchev–Trinajstić information content (AvgIpc) is 2.15. The summed E-state index contributed by atoms with van der Waals surface area (Å²) in [6, 6.07) is -0.295. The zero-order valence-electron chi connectivity index (χ0n) is 9.55. The van der Waals surface area contributed by atoms with Crippen LogP contribution in [0.4, 0.5) is 0 Å². The summed E-state index contributed by atoms with van der Waals surface area (Å²) in [6.07, 6.45) is 2.92. The van der Waals surface area contributed by atoms with E-state index in [0.29, 0.717) is 5.41 Å². The fourth-order valence-electron chi connectivity index (χ4n) is 1.74. The Morgan fingerprint density at radius 2 is 1.93 bits per heavy atom. The molecular formula is C11H22N2O. The molecule has 0 aromatic heterocycles. The van der Waals surface area contributed by atoms with E-state index in [1.54, 1.807) is 0 Å². The predicted molar refractivity (Wildman–Crippen MR) is 57.9 cm³/mol. The van der Waals surface area contributed by atoms with Crippen molar-refractivity contribution >= 4 is 5.91 Å². The van der Waals surface area contributed by atoms with Crippen molar-refractivity contribution in [3.8, 4) is 0 Å². The minimum atomic E-state index is -0.295. The van der Waals surface area contributed by atoms with Gasteiger partial charge < -0.3 is 10.6 Å². The maximum absolute atomic E-state index is 11.7. The van der Waals surface area contributed by atoms with E-state index in [1.165, 1.54) is 0 Å². The maximum Gasteiger partial charge on any atom is 0.239 e. The molecule has 0 radical (unpaired) electrons. The Hall–Kier alpha value is -0.570. The lowest BCUT2D eigenvalue weighted by Crippen LogP contribution is -2.48. The molecule has 0 aromatic rings. The largest absolute Gasteiger partial charge is 0.341 e. The maximum atomic E-state index is 11.7. The van der Waals surface area contributed by atoms with E-state index in [1.807, 2.05) is 11.8 Å². The number of piperidine rings is 1. The number of likely N-dealkylation sites (tertiary alicyclic amines) is 1. The number of amides is 1. The van der Waals surface area contributed by atoms with Gasteiger partial charge in [0.05, 0.1) is 6.04 Å². The zero-order valence-corrected chi connectivity index (χ0v) is 9.55. The number of rotatable bonds is 2. The Bertz CT molecular complexity index is 203. The van der Waals surface area contributed by atoms with Crippen molar-refractivity contribution in [2.24, 2.45) is 11.1 Å². The lowest BCUT2D eigenvalue weighted by Gasteiger charge is -2.37. The number of nitrogens with two attached hydrogens (primary N) is 1. The van der Waals surface area contributed by atoms with E-state index in [9.17, 15) is 4.79 Å². The van der Waals surface area contributed by atoms with E-state index < -0.39 is 0 Å². The zero-order chi connectivity index (χ0) is 10.8. The minimum absolute atomic E-state index is 0.128. The molecule has 0 aliphatic carbocycles. The Morgan fingerprint density at radius 1 is 1.43 bits per heavy atom. The number of hydrogen-bond donors (Lipinski definition) is 1. The van der Waals surface area contributed by atoms with Crippen molar-refractivity contribution < 1.29 is 4.79 Å². The van der Waals surface area contributed by atoms with Crippen LogP contribution in [0.5, 0.6) is 0 Å². The standard InChI is InChI=1S/C11H22N2O/c1-4-9(12)10(14)13-7-5-11(2,3)6-8-13/h9H,4-8,12H2,1-3H3. The highest BCUT2D eigenvalue weighted by atomic mass is 16.2. The van der Waals surface area contributed by atoms with Gasteiger partial charge in [0, 0.05) is 13.1 Å². The van der Waals surface area contributed by atoms with Gasteiger partial charge in [-0.15, -0.1) is 0 Å². The van der Waals surface area contributed by atoms with Crippen LogP contribution in [0.2, 0.25) is 0 Å². The number of carbonyl (C=O) groups excluding carboxylic acids is 1. The molecular weight excluding hydrogens is 176 g/mol. The van der Waals surface area contributed by atoms with E-state index in [0.717, 1.165) is 32.4 Å². The van der Waals surface area contributed by atoms with Gasteiger partial charge in [0.1, 0.15) is 0 Å². The Morgan fingerprint density at radius 3 is 2.36 bits per heavy atom. The summed E-state index contributed by atoms with van der Waals surface area (Å²) >= 11 is 0. The van der Waals surface area contributed by atoms with Crippen molar-refractivity contribution in [3.05, 3.63) is 0 Å². The molecule has 0 bridgehead atoms. The Kier molecular flexibility index (Phi) is 3.53. The van der Waals surface area contributed by atoms with Crippen LogP contribution in [0.25, 0.3) is 0 Å². The molecule has 0 saturated carbocycles. The molecule has 1 rings (SSSR count). The molecule has 1 amide bonds. The molecule has 1 unspecified atom stereocenters. The summed E-state index contributed by atoms with van der Waals surface area (Å²) in [5.74, 6) is 0.128. The molecule has 82 valence electrons. The highest BCUT2D eigenvalue weighted by Crippen LogP contribution is 2.29. The molecule has 3 nitrogen and oxygen atoms in total. The van der Waals surface area contributed by atoms with E-state index in [-0.39, 0.29) is 11.9 Å². The van der Waals surface area contributed by atoms with Crippen LogP contribution in [0.15, 0.2) is 0 Å². The summed E-state index contributed by atoms with van der Waals surface area (Å²) in [5.41, 5.74) is 6.12. The van der Waals surface area contributed by atoms with Gasteiger partial charge in [-0.05, 0) is 24.7 Å². The van der Waals surface area contributed by atoms with Gasteiger partial charge in [-0.3, -0.25) is 4.79 Å². The second-order valence-electron chi connectivity index (χ2n) is 5.00. The molecule has 2 N–H and O–H groups in total. The Labute approximate surface area is 86.6 Å². The lowest BCUT2D eigenvalue weighted by molar-refractivity contribution is -0.134. The van der Waals surface area contributed by atoms with Crippen molar-refractivity contribution in [2.75, 3.05) is 13.1 Å². The van der Waals surface area contributed by atoms with Crippen LogP contribution >= 0.6 is 0 Å². The van der Waals surface area contributed by atoms with E-state index in [2.05, 4.69) is 13.8 Å². The third-order valence-corrected chi connectivity index (χ3v) is 3.19. The average molecular weight is 198 g/mol. The number of hydrogen-bond acceptors (Lipinski definition) is 2. The molecule has 1 fully saturated rings. The Balaban J connectivity index is 2.46. The summed E-state index contributed by atoms with van der Waals surface area (Å²) in [4.78, 5) is 13.7. The third-order valence-electron chi connectivity index (χ3n) is 3.19. The van der Waals surface area contributed by atoms with Crippen LogP contribution in [-0.4, -0.2) is 29.9 Å². The molecule has 3 heteroatoms. The van der Waals surface area contributed by atoms with Gasteiger partial charge in [0.15, 0.2) is 0 Å². The molecule has 1 aliphatic heterocycles. The molecule has 14 heavy (non-hydrogen) atoms. The third kappa shape index (κ3) is 2.71. The molecule has 1 atom stereocenters. The number of nitrogens with zero attached hydrogens (tertiary/aromatic N) is 1. The van der Waals surface area contributed by atoms with Gasteiger partial charge in [0.25, 0.3) is 0 Å². The van der Waals surface area contributed by atoms with Gasteiger partial charge in [-0.25, -0.2) is 0 Å². The lowest BCUT2D eigenvalue weighted by atomic mass is 9.82. The van der Waals surface area contributed by atoms with Gasteiger partial charge in [0.2, 0.25) is 5.91 Å². The highest BCUT2D eigenvalue weighted by Gasteiger charge is 2.29. The second-order valence-corrected chi connectivity index (χ2v) is 5.00. The normalized spacial score (nSPS) is 23.3. The second kappa shape index (κ2) is 4.30. The minimum Gasteiger partial charge on any atom is -0.341 e. The van der Waals surface area contributed by atoms with Crippen LogP contribution in [0, 0.1) is 5.41 Å². The van der Waals surface area contributed by atoms with Crippen LogP contribution in [0.3, 0.4) is 0 Å². The first-order chi connectivity index (χ1) is 6.46. The molecule has 0 spiro atoms. The van der Waals surface area contributed by atoms with Gasteiger partial charge in [-0.1, -0.05) is 20.8 Å². The molecule has 1 heterocycles. The first-order valence-electron chi connectivity index (χ1n) is 5.50. The summed E-state index contributed by atoms with van der Waals surface area (Å²) in [6.45, 7) is 8.22. The van der Waals surface area contributed by atoms with Crippen molar-refractivity contribution in [1.82, 2.24) is 4.90 Å². The molecule has 1 aliphatic rings. The fourth-order valence-corrected chi connectivity index (χ4v) is 1.74. The SMILES string of the molecule is CCC(N)C(=O)N1CCC(C)(C)CC1. The fraction of sp³-hybridized carbons (Fsp3) is 0.909. The first-order valence-corrected chi connectivity index (χ1v) is 5.50. The van der Waals surface area contributed by atoms with Gasteiger partial charge in [-0.2, -0.15) is 0 Å². The van der Waals surface area contributed by atoms with E-state index in [4.69, 9.17) is 5.73 Å². The first kappa shape index (κ1) is 11.5. The van der Waals surface area contributed by atoms with Gasteiger partial charge >= 0.3 is 0 Å². The van der Waals surface area contributed by atoms with Crippen molar-refractivity contribution in [3.63, 3.8) is 0 Å². The predicted octanol–water partition coefficient (Wildman–Crippen LogP) is 1.37. The summed E-state index contributed by atoms with van der Waals surface area (Å²) < 4.78 is 0. The summed E-state index contributed by atoms with van der Waals surface area (Å²) in [5, 5.41) is 0. The topological polar surface area (TPSA) is 46.3 Å². The quantitative estimate of drug-likeness (QED) is 0.728. The molecule has 0 aromatic carbocycles. The van der Waals surface area contributed by atoms with E-state index >= 15 is 0 Å². The number of carbonyl (C=O) groups is 1. The molecule has 1 saturated heterocycles. The summed E-state index contributed by atoms with van der Waals surface area (Å²) in [7, 11) is 0. The monoisotopic (exact) mass is 198 g/mol. The van der Waals surface area contributed by atoms with Crippen molar-refractivity contribution in [2.45, 2.75) is 46.1 Å². The van der Waals surface area contributed by atoms with Crippen LogP contribution in [0.1, 0.15) is 40.0 Å². The van der Waals surface area contributed by atoms with Crippen molar-refractivity contribution in [1.29, 1.82) is 0 Å². The van der Waals surface area contributed by atoms with Crippen LogP contribution in [-0.2, 0) is 4.79 Å². The highest BCUT2D eigenvalue weighted by molar-refractivity contribution is 5.81.